The summed E-state index contributed by atoms with van der Waals surface area (Å²) in [4.78, 5) is 5.18. The monoisotopic (exact) mass is 249 g/mol. The molecule has 1 aromatic carbocycles. The van der Waals surface area contributed by atoms with E-state index in [0.717, 1.165) is 22.8 Å². The van der Waals surface area contributed by atoms with Crippen molar-refractivity contribution in [1.82, 2.24) is 0 Å². The number of thioether (sulfide) groups is 1. The summed E-state index contributed by atoms with van der Waals surface area (Å²) < 4.78 is 0. The SMILES string of the molecule is C=CCO/N=C(\CSCC)c1ccc(C)cc1. The first kappa shape index (κ1) is 13.8. The molecule has 0 bridgehead atoms. The quantitative estimate of drug-likeness (QED) is 0.318. The lowest BCUT2D eigenvalue weighted by molar-refractivity contribution is 0.175. The van der Waals surface area contributed by atoms with Crippen molar-refractivity contribution in [2.45, 2.75) is 13.8 Å². The number of hydrogen-bond acceptors (Lipinski definition) is 3. The summed E-state index contributed by atoms with van der Waals surface area (Å²) in [6.45, 7) is 8.27. The lowest BCUT2D eigenvalue weighted by atomic mass is 10.1. The van der Waals surface area contributed by atoms with Gasteiger partial charge in [0, 0.05) is 11.3 Å². The highest BCUT2D eigenvalue weighted by Crippen LogP contribution is 2.10. The molecule has 0 fully saturated rings. The van der Waals surface area contributed by atoms with Crippen LogP contribution in [0.3, 0.4) is 0 Å². The maximum Gasteiger partial charge on any atom is 0.135 e. The van der Waals surface area contributed by atoms with E-state index in [2.05, 4.69) is 49.8 Å². The molecule has 17 heavy (non-hydrogen) atoms. The van der Waals surface area contributed by atoms with E-state index in [9.17, 15) is 0 Å². The second kappa shape index (κ2) is 7.96. The molecule has 0 saturated carbocycles. The minimum Gasteiger partial charge on any atom is -0.391 e. The Bertz CT molecular complexity index is 370. The van der Waals surface area contributed by atoms with Crippen LogP contribution in [0.25, 0.3) is 0 Å². The van der Waals surface area contributed by atoms with Gasteiger partial charge in [0.25, 0.3) is 0 Å². The second-order valence-corrected chi connectivity index (χ2v) is 4.90. The normalized spacial score (nSPS) is 11.3. The molecule has 0 aliphatic heterocycles. The number of hydrogen-bond donors (Lipinski definition) is 0. The van der Waals surface area contributed by atoms with Gasteiger partial charge in [-0.1, -0.05) is 54.6 Å². The first-order chi connectivity index (χ1) is 8.27. The van der Waals surface area contributed by atoms with Gasteiger partial charge in [-0.15, -0.1) is 0 Å². The average molecular weight is 249 g/mol. The molecule has 2 nitrogen and oxygen atoms in total. The highest BCUT2D eigenvalue weighted by molar-refractivity contribution is 7.99. The van der Waals surface area contributed by atoms with E-state index in [0.29, 0.717) is 6.61 Å². The zero-order valence-corrected chi connectivity index (χ0v) is 11.3. The van der Waals surface area contributed by atoms with Crippen molar-refractivity contribution >= 4 is 17.5 Å². The highest BCUT2D eigenvalue weighted by Gasteiger charge is 2.04. The van der Waals surface area contributed by atoms with E-state index in [1.54, 1.807) is 6.08 Å². The van der Waals surface area contributed by atoms with Crippen molar-refractivity contribution < 1.29 is 4.84 Å². The van der Waals surface area contributed by atoms with Crippen molar-refractivity contribution in [3.05, 3.63) is 48.0 Å². The van der Waals surface area contributed by atoms with Gasteiger partial charge in [0.2, 0.25) is 0 Å². The molecule has 0 aliphatic carbocycles. The molecule has 1 rings (SSSR count). The molecule has 0 spiro atoms. The molecule has 0 saturated heterocycles. The Kier molecular flexibility index (Phi) is 6.48. The van der Waals surface area contributed by atoms with Crippen LogP contribution in [0.2, 0.25) is 0 Å². The predicted octanol–water partition coefficient (Wildman–Crippen LogP) is 3.65. The Labute approximate surface area is 108 Å². The van der Waals surface area contributed by atoms with E-state index in [1.807, 2.05) is 11.8 Å². The molecule has 0 unspecified atom stereocenters. The van der Waals surface area contributed by atoms with Crippen LogP contribution >= 0.6 is 11.8 Å². The molecule has 1 aromatic rings. The molecule has 92 valence electrons. The van der Waals surface area contributed by atoms with Crippen molar-refractivity contribution in [2.75, 3.05) is 18.1 Å². The van der Waals surface area contributed by atoms with Gasteiger partial charge >= 0.3 is 0 Å². The van der Waals surface area contributed by atoms with Gasteiger partial charge in [-0.3, -0.25) is 0 Å². The maximum absolute atomic E-state index is 5.18. The molecule has 3 heteroatoms. The third kappa shape index (κ3) is 5.09. The van der Waals surface area contributed by atoms with Gasteiger partial charge in [0.15, 0.2) is 0 Å². The van der Waals surface area contributed by atoms with Crippen molar-refractivity contribution in [3.8, 4) is 0 Å². The van der Waals surface area contributed by atoms with Gasteiger partial charge in [0.05, 0.1) is 5.71 Å². The number of nitrogens with zero attached hydrogens (tertiary/aromatic N) is 1. The van der Waals surface area contributed by atoms with Crippen LogP contribution in [-0.4, -0.2) is 23.8 Å². The average Bonchev–Trinajstić information content (AvgIpc) is 2.35. The molecule has 0 amide bonds. The molecule has 0 N–H and O–H groups in total. The second-order valence-electron chi connectivity index (χ2n) is 3.63. The zero-order valence-electron chi connectivity index (χ0n) is 10.5. The van der Waals surface area contributed by atoms with Crippen molar-refractivity contribution in [2.24, 2.45) is 5.16 Å². The number of benzene rings is 1. The minimum atomic E-state index is 0.451. The fourth-order valence-corrected chi connectivity index (χ4v) is 1.89. The van der Waals surface area contributed by atoms with Gasteiger partial charge in [-0.25, -0.2) is 0 Å². The van der Waals surface area contributed by atoms with E-state index in [1.165, 1.54) is 5.56 Å². The molecule has 0 radical (unpaired) electrons. The maximum atomic E-state index is 5.18. The molecule has 0 aliphatic rings. The van der Waals surface area contributed by atoms with Crippen LogP contribution in [0.15, 0.2) is 42.1 Å². The van der Waals surface area contributed by atoms with E-state index >= 15 is 0 Å². The van der Waals surface area contributed by atoms with Gasteiger partial charge in [-0.2, -0.15) is 11.8 Å². The Hall–Kier alpha value is -1.22. The standard InChI is InChI=1S/C14H19NOS/c1-4-10-16-15-14(11-17-5-2)13-8-6-12(3)7-9-13/h4,6-9H,1,5,10-11H2,2-3H3/b15-14+. The van der Waals surface area contributed by atoms with E-state index in [4.69, 9.17) is 4.84 Å². The summed E-state index contributed by atoms with van der Waals surface area (Å²) in [5, 5.41) is 4.18. The fraction of sp³-hybridized carbons (Fsp3) is 0.357. The van der Waals surface area contributed by atoms with Crippen LogP contribution < -0.4 is 0 Å². The third-order valence-corrected chi connectivity index (χ3v) is 3.08. The molecule has 0 aromatic heterocycles. The van der Waals surface area contributed by atoms with Gasteiger partial charge < -0.3 is 4.84 Å². The van der Waals surface area contributed by atoms with Gasteiger partial charge in [-0.05, 0) is 12.7 Å². The third-order valence-electron chi connectivity index (χ3n) is 2.19. The summed E-state index contributed by atoms with van der Waals surface area (Å²) in [5.41, 5.74) is 3.36. The number of oxime groups is 1. The van der Waals surface area contributed by atoms with E-state index in [-0.39, 0.29) is 0 Å². The fourth-order valence-electron chi connectivity index (χ4n) is 1.27. The summed E-state index contributed by atoms with van der Waals surface area (Å²) >= 11 is 1.84. The Morgan fingerprint density at radius 3 is 2.71 bits per heavy atom. The molecule has 0 heterocycles. The first-order valence-corrected chi connectivity index (χ1v) is 6.88. The van der Waals surface area contributed by atoms with Crippen LogP contribution in [-0.2, 0) is 4.84 Å². The van der Waals surface area contributed by atoms with E-state index < -0.39 is 0 Å². The van der Waals surface area contributed by atoms with Crippen LogP contribution in [0.4, 0.5) is 0 Å². The Morgan fingerprint density at radius 1 is 1.41 bits per heavy atom. The predicted molar refractivity (Wildman–Crippen MR) is 76.9 cm³/mol. The Morgan fingerprint density at radius 2 is 2.12 bits per heavy atom. The van der Waals surface area contributed by atoms with Crippen LogP contribution in [0.5, 0.6) is 0 Å². The van der Waals surface area contributed by atoms with Gasteiger partial charge in [0.1, 0.15) is 6.61 Å². The summed E-state index contributed by atoms with van der Waals surface area (Å²) in [7, 11) is 0. The van der Waals surface area contributed by atoms with Crippen molar-refractivity contribution in [1.29, 1.82) is 0 Å². The minimum absolute atomic E-state index is 0.451. The van der Waals surface area contributed by atoms with Crippen LogP contribution in [0, 0.1) is 6.92 Å². The first-order valence-electron chi connectivity index (χ1n) is 5.72. The number of aryl methyl sites for hydroxylation is 1. The lowest BCUT2D eigenvalue weighted by Gasteiger charge is -2.06. The molecular formula is C14H19NOS. The van der Waals surface area contributed by atoms with Crippen LogP contribution in [0.1, 0.15) is 18.1 Å². The smallest absolute Gasteiger partial charge is 0.135 e. The number of rotatable bonds is 7. The summed E-state index contributed by atoms with van der Waals surface area (Å²) in [6.07, 6.45) is 1.70. The zero-order chi connectivity index (χ0) is 12.5. The topological polar surface area (TPSA) is 21.6 Å². The molecule has 0 atom stereocenters. The highest BCUT2D eigenvalue weighted by atomic mass is 32.2. The Balaban J connectivity index is 2.77. The summed E-state index contributed by atoms with van der Waals surface area (Å²) in [6, 6.07) is 8.35. The lowest BCUT2D eigenvalue weighted by Crippen LogP contribution is -2.06. The summed E-state index contributed by atoms with van der Waals surface area (Å²) in [5.74, 6) is 1.95. The van der Waals surface area contributed by atoms with Crippen molar-refractivity contribution in [3.63, 3.8) is 0 Å². The molecular weight excluding hydrogens is 230 g/mol. The largest absolute Gasteiger partial charge is 0.391 e.